The topological polar surface area (TPSA) is 125 Å². The SMILES string of the molecule is COc1ccc(Cl)cc1NC(=O)c1cc([N+](=O)[O-])cc([N+](=O)[O-])c1Cl. The van der Waals surface area contributed by atoms with Gasteiger partial charge in [-0.15, -0.1) is 0 Å². The number of amides is 1. The third kappa shape index (κ3) is 3.95. The average molecular weight is 386 g/mol. The molecule has 0 bridgehead atoms. The van der Waals surface area contributed by atoms with Gasteiger partial charge in [0.25, 0.3) is 17.3 Å². The monoisotopic (exact) mass is 385 g/mol. The van der Waals surface area contributed by atoms with Crippen molar-refractivity contribution in [3.63, 3.8) is 0 Å². The van der Waals surface area contributed by atoms with Crippen LogP contribution in [0.4, 0.5) is 17.1 Å². The zero-order valence-corrected chi connectivity index (χ0v) is 14.0. The summed E-state index contributed by atoms with van der Waals surface area (Å²) in [6.45, 7) is 0. The predicted octanol–water partition coefficient (Wildman–Crippen LogP) is 4.07. The van der Waals surface area contributed by atoms with Gasteiger partial charge in [-0.2, -0.15) is 0 Å². The Kier molecular flexibility index (Phi) is 5.40. The Balaban J connectivity index is 2.51. The number of anilines is 1. The minimum atomic E-state index is -0.911. The van der Waals surface area contributed by atoms with Gasteiger partial charge in [0, 0.05) is 11.1 Å². The van der Waals surface area contributed by atoms with Crippen molar-refractivity contribution in [3.8, 4) is 5.75 Å². The van der Waals surface area contributed by atoms with Gasteiger partial charge in [-0.25, -0.2) is 0 Å². The Morgan fingerprint density at radius 3 is 2.36 bits per heavy atom. The number of nitrogens with zero attached hydrogens (tertiary/aromatic N) is 2. The van der Waals surface area contributed by atoms with E-state index in [1.54, 1.807) is 0 Å². The number of carbonyl (C=O) groups excluding carboxylic acids is 1. The van der Waals surface area contributed by atoms with E-state index >= 15 is 0 Å². The largest absolute Gasteiger partial charge is 0.495 e. The van der Waals surface area contributed by atoms with Gasteiger partial charge >= 0.3 is 0 Å². The number of nitro groups is 2. The average Bonchev–Trinajstić information content (AvgIpc) is 2.54. The predicted molar refractivity (Wildman–Crippen MR) is 90.7 cm³/mol. The van der Waals surface area contributed by atoms with Gasteiger partial charge in [0.2, 0.25) is 0 Å². The Labute approximate surface area is 150 Å². The molecule has 2 aromatic rings. The highest BCUT2D eigenvalue weighted by molar-refractivity contribution is 6.36. The van der Waals surface area contributed by atoms with Crippen molar-refractivity contribution in [1.82, 2.24) is 0 Å². The summed E-state index contributed by atoms with van der Waals surface area (Å²) >= 11 is 11.7. The summed E-state index contributed by atoms with van der Waals surface area (Å²) in [5, 5.41) is 24.1. The van der Waals surface area contributed by atoms with Crippen molar-refractivity contribution >= 4 is 46.2 Å². The second-order valence-electron chi connectivity index (χ2n) is 4.64. The molecule has 11 heteroatoms. The number of ether oxygens (including phenoxy) is 1. The molecule has 0 aliphatic carbocycles. The molecular weight excluding hydrogens is 377 g/mol. The maximum absolute atomic E-state index is 12.4. The molecular formula is C14H9Cl2N3O6. The first-order chi connectivity index (χ1) is 11.7. The number of hydrogen-bond acceptors (Lipinski definition) is 6. The van der Waals surface area contributed by atoms with Gasteiger partial charge in [0.15, 0.2) is 0 Å². The molecule has 0 unspecified atom stereocenters. The lowest BCUT2D eigenvalue weighted by atomic mass is 10.1. The van der Waals surface area contributed by atoms with Crippen LogP contribution in [0.5, 0.6) is 5.75 Å². The molecule has 9 nitrogen and oxygen atoms in total. The van der Waals surface area contributed by atoms with E-state index in [2.05, 4.69) is 5.32 Å². The molecule has 0 aliphatic heterocycles. The van der Waals surface area contributed by atoms with Crippen LogP contribution in [0.15, 0.2) is 30.3 Å². The number of carbonyl (C=O) groups is 1. The van der Waals surface area contributed by atoms with Crippen molar-refractivity contribution in [2.24, 2.45) is 0 Å². The highest BCUT2D eigenvalue weighted by Crippen LogP contribution is 2.34. The van der Waals surface area contributed by atoms with Crippen LogP contribution in [0.1, 0.15) is 10.4 Å². The van der Waals surface area contributed by atoms with E-state index < -0.39 is 37.7 Å². The maximum atomic E-state index is 12.4. The fourth-order valence-electron chi connectivity index (χ4n) is 1.97. The summed E-state index contributed by atoms with van der Waals surface area (Å²) in [5.74, 6) is -0.619. The van der Waals surface area contributed by atoms with E-state index in [-0.39, 0.29) is 11.4 Å². The highest BCUT2D eigenvalue weighted by atomic mass is 35.5. The van der Waals surface area contributed by atoms with Crippen LogP contribution in [-0.2, 0) is 0 Å². The van der Waals surface area contributed by atoms with Crippen LogP contribution in [-0.4, -0.2) is 22.9 Å². The van der Waals surface area contributed by atoms with Crippen molar-refractivity contribution in [2.75, 3.05) is 12.4 Å². The van der Waals surface area contributed by atoms with Gasteiger partial charge < -0.3 is 10.1 Å². The van der Waals surface area contributed by atoms with Crippen LogP contribution in [0, 0.1) is 20.2 Å². The standard InChI is InChI=1S/C14H9Cl2N3O6/c1-25-12-3-2-7(15)4-10(12)17-14(20)9-5-8(18(21)22)6-11(13(9)16)19(23)24/h2-6H,1H3,(H,17,20). The number of nitro benzene ring substituents is 2. The van der Waals surface area contributed by atoms with Crippen molar-refractivity contribution in [1.29, 1.82) is 0 Å². The van der Waals surface area contributed by atoms with Crippen molar-refractivity contribution in [3.05, 3.63) is 66.2 Å². The third-order valence-corrected chi connectivity index (χ3v) is 3.73. The van der Waals surface area contributed by atoms with Crippen molar-refractivity contribution < 1.29 is 19.4 Å². The summed E-state index contributed by atoms with van der Waals surface area (Å²) in [7, 11) is 1.37. The molecule has 0 atom stereocenters. The van der Waals surface area contributed by atoms with Gasteiger partial charge in [-0.1, -0.05) is 23.2 Å². The van der Waals surface area contributed by atoms with Gasteiger partial charge in [-0.3, -0.25) is 25.0 Å². The molecule has 0 aliphatic rings. The summed E-state index contributed by atoms with van der Waals surface area (Å²) in [6.07, 6.45) is 0. The molecule has 25 heavy (non-hydrogen) atoms. The van der Waals surface area contributed by atoms with Gasteiger partial charge in [0.05, 0.1) is 34.3 Å². The Morgan fingerprint density at radius 1 is 1.12 bits per heavy atom. The first kappa shape index (κ1) is 18.4. The third-order valence-electron chi connectivity index (χ3n) is 3.10. The smallest absolute Gasteiger partial charge is 0.295 e. The van der Waals surface area contributed by atoms with E-state index in [4.69, 9.17) is 27.9 Å². The van der Waals surface area contributed by atoms with E-state index in [0.717, 1.165) is 6.07 Å². The molecule has 0 saturated carbocycles. The molecule has 1 amide bonds. The quantitative estimate of drug-likeness (QED) is 0.610. The van der Waals surface area contributed by atoms with E-state index in [1.807, 2.05) is 0 Å². The second-order valence-corrected chi connectivity index (χ2v) is 5.45. The van der Waals surface area contributed by atoms with E-state index in [0.29, 0.717) is 11.1 Å². The lowest BCUT2D eigenvalue weighted by molar-refractivity contribution is -0.394. The maximum Gasteiger partial charge on any atom is 0.295 e. The molecule has 2 rings (SSSR count). The molecule has 0 aromatic heterocycles. The lowest BCUT2D eigenvalue weighted by Crippen LogP contribution is -2.14. The fourth-order valence-corrected chi connectivity index (χ4v) is 2.40. The molecule has 0 spiro atoms. The van der Waals surface area contributed by atoms with E-state index in [9.17, 15) is 25.0 Å². The van der Waals surface area contributed by atoms with Crippen LogP contribution in [0.2, 0.25) is 10.0 Å². The molecule has 0 heterocycles. The number of non-ortho nitro benzene ring substituents is 1. The van der Waals surface area contributed by atoms with Crippen LogP contribution >= 0.6 is 23.2 Å². The molecule has 0 fully saturated rings. The lowest BCUT2D eigenvalue weighted by Gasteiger charge is -2.11. The van der Waals surface area contributed by atoms with Crippen LogP contribution < -0.4 is 10.1 Å². The Morgan fingerprint density at radius 2 is 1.80 bits per heavy atom. The summed E-state index contributed by atoms with van der Waals surface area (Å²) < 4.78 is 5.07. The normalized spacial score (nSPS) is 10.2. The fraction of sp³-hybridized carbons (Fsp3) is 0.0714. The molecule has 130 valence electrons. The Hall–Kier alpha value is -2.91. The second kappa shape index (κ2) is 7.32. The van der Waals surface area contributed by atoms with Crippen molar-refractivity contribution in [2.45, 2.75) is 0 Å². The van der Waals surface area contributed by atoms with Crippen LogP contribution in [0.25, 0.3) is 0 Å². The zero-order chi connectivity index (χ0) is 18.7. The molecule has 0 saturated heterocycles. The number of halogens is 2. The number of rotatable bonds is 5. The summed E-state index contributed by atoms with van der Waals surface area (Å²) in [6, 6.07) is 5.94. The number of nitrogens with one attached hydrogen (secondary N) is 1. The minimum absolute atomic E-state index is 0.172. The Bertz CT molecular complexity index is 887. The number of benzene rings is 2. The first-order valence-corrected chi connectivity index (χ1v) is 7.27. The van der Waals surface area contributed by atoms with Gasteiger partial charge in [0.1, 0.15) is 10.8 Å². The molecule has 0 radical (unpaired) electrons. The minimum Gasteiger partial charge on any atom is -0.495 e. The number of hydrogen-bond donors (Lipinski definition) is 1. The number of methoxy groups -OCH3 is 1. The van der Waals surface area contributed by atoms with E-state index in [1.165, 1.54) is 25.3 Å². The molecule has 1 N–H and O–H groups in total. The van der Waals surface area contributed by atoms with Gasteiger partial charge in [-0.05, 0) is 18.2 Å². The summed E-state index contributed by atoms with van der Waals surface area (Å²) in [4.78, 5) is 32.6. The molecule has 2 aromatic carbocycles. The highest BCUT2D eigenvalue weighted by Gasteiger charge is 2.26. The summed E-state index contributed by atoms with van der Waals surface area (Å²) in [5.41, 5.74) is -1.65. The first-order valence-electron chi connectivity index (χ1n) is 6.51. The zero-order valence-electron chi connectivity index (χ0n) is 12.5. The van der Waals surface area contributed by atoms with Crippen LogP contribution in [0.3, 0.4) is 0 Å².